The lowest BCUT2D eigenvalue weighted by Gasteiger charge is -2.06. The van der Waals surface area contributed by atoms with E-state index in [1.165, 1.54) is 25.8 Å². The second kappa shape index (κ2) is 3.30. The molecule has 1 aliphatic carbocycles. The molecule has 1 saturated carbocycles. The van der Waals surface area contributed by atoms with Gasteiger partial charge in [-0.3, -0.25) is 0 Å². The monoisotopic (exact) mass is 177 g/mol. The number of halogens is 1. The summed E-state index contributed by atoms with van der Waals surface area (Å²) in [4.78, 5) is 0. The van der Waals surface area contributed by atoms with Gasteiger partial charge in [-0.2, -0.15) is 0 Å². The second-order valence-electron chi connectivity index (χ2n) is 3.79. The van der Waals surface area contributed by atoms with Crippen molar-refractivity contribution in [2.75, 3.05) is 13.2 Å². The molecular weight excluding hydrogens is 162 g/mol. The van der Waals surface area contributed by atoms with Crippen molar-refractivity contribution < 1.29 is 5.11 Å². The molecule has 2 fully saturated rings. The molecule has 0 aromatic rings. The minimum atomic E-state index is 0. The van der Waals surface area contributed by atoms with Gasteiger partial charge >= 0.3 is 0 Å². The number of aliphatic hydroxyl groups excluding tert-OH is 1. The molecule has 0 bridgehead atoms. The molecule has 1 aliphatic heterocycles. The molecule has 2 N–H and O–H groups in total. The van der Waals surface area contributed by atoms with Gasteiger partial charge in [-0.15, -0.1) is 12.4 Å². The Morgan fingerprint density at radius 2 is 2.18 bits per heavy atom. The lowest BCUT2D eigenvalue weighted by molar-refractivity contribution is 0.269. The molecule has 1 heterocycles. The van der Waals surface area contributed by atoms with E-state index < -0.39 is 0 Å². The maximum absolute atomic E-state index is 8.68. The van der Waals surface area contributed by atoms with Crippen molar-refractivity contribution in [3.05, 3.63) is 0 Å². The van der Waals surface area contributed by atoms with E-state index in [1.807, 2.05) is 0 Å². The van der Waals surface area contributed by atoms with Gasteiger partial charge in [0.2, 0.25) is 0 Å². The fourth-order valence-electron chi connectivity index (χ4n) is 1.95. The van der Waals surface area contributed by atoms with Gasteiger partial charge in [-0.05, 0) is 31.1 Å². The van der Waals surface area contributed by atoms with Gasteiger partial charge < -0.3 is 10.4 Å². The van der Waals surface area contributed by atoms with Crippen LogP contribution in [0.4, 0.5) is 0 Å². The molecule has 2 rings (SSSR count). The summed E-state index contributed by atoms with van der Waals surface area (Å²) >= 11 is 0. The van der Waals surface area contributed by atoms with Crippen molar-refractivity contribution in [1.82, 2.24) is 5.32 Å². The zero-order valence-corrected chi connectivity index (χ0v) is 7.49. The van der Waals surface area contributed by atoms with Crippen LogP contribution in [0.1, 0.15) is 25.7 Å². The van der Waals surface area contributed by atoms with Gasteiger partial charge in [0.05, 0.1) is 0 Å². The van der Waals surface area contributed by atoms with Crippen molar-refractivity contribution in [3.63, 3.8) is 0 Å². The summed E-state index contributed by atoms with van der Waals surface area (Å²) in [6, 6.07) is 0.618. The van der Waals surface area contributed by atoms with Crippen LogP contribution >= 0.6 is 12.4 Å². The Kier molecular flexibility index (Phi) is 2.79. The standard InChI is InChI=1S/C8H15NO.ClH/c10-4-1-7-5-8(2-3-8)6-9-7;/h7,9-10H,1-6H2;1H. The molecule has 3 heteroatoms. The van der Waals surface area contributed by atoms with E-state index in [2.05, 4.69) is 5.32 Å². The Hall–Kier alpha value is 0.210. The van der Waals surface area contributed by atoms with Crippen LogP contribution in [0, 0.1) is 5.41 Å². The summed E-state index contributed by atoms with van der Waals surface area (Å²) in [5, 5.41) is 12.1. The minimum Gasteiger partial charge on any atom is -0.396 e. The van der Waals surface area contributed by atoms with Crippen molar-refractivity contribution in [2.45, 2.75) is 31.7 Å². The highest BCUT2D eigenvalue weighted by molar-refractivity contribution is 5.85. The summed E-state index contributed by atoms with van der Waals surface area (Å²) in [5.41, 5.74) is 0.694. The highest BCUT2D eigenvalue weighted by Crippen LogP contribution is 2.52. The summed E-state index contributed by atoms with van der Waals surface area (Å²) in [7, 11) is 0. The Bertz CT molecular complexity index is 136. The first-order valence-corrected chi connectivity index (χ1v) is 4.19. The van der Waals surface area contributed by atoms with Crippen LogP contribution in [0.25, 0.3) is 0 Å². The first-order chi connectivity index (χ1) is 4.85. The Balaban J connectivity index is 0.000000605. The maximum atomic E-state index is 8.68. The summed E-state index contributed by atoms with van der Waals surface area (Å²) in [6.07, 6.45) is 5.10. The van der Waals surface area contributed by atoms with Crippen molar-refractivity contribution >= 4 is 12.4 Å². The summed E-state index contributed by atoms with van der Waals surface area (Å²) in [6.45, 7) is 1.55. The first kappa shape index (κ1) is 9.30. The van der Waals surface area contributed by atoms with Gasteiger partial charge in [0.15, 0.2) is 0 Å². The number of rotatable bonds is 2. The molecule has 1 spiro atoms. The molecule has 1 unspecified atom stereocenters. The highest BCUT2D eigenvalue weighted by Gasteiger charge is 2.47. The zero-order valence-electron chi connectivity index (χ0n) is 6.68. The molecule has 0 radical (unpaired) electrons. The number of aliphatic hydroxyl groups is 1. The average molecular weight is 178 g/mol. The van der Waals surface area contributed by atoms with Gasteiger partial charge in [0, 0.05) is 19.2 Å². The quantitative estimate of drug-likeness (QED) is 0.658. The van der Waals surface area contributed by atoms with E-state index in [1.54, 1.807) is 0 Å². The third-order valence-corrected chi connectivity index (χ3v) is 2.88. The SMILES string of the molecule is Cl.OCCC1CC2(CC2)CN1. The van der Waals surface area contributed by atoms with Crippen LogP contribution in [-0.4, -0.2) is 24.3 Å². The largest absolute Gasteiger partial charge is 0.396 e. The molecule has 0 amide bonds. The van der Waals surface area contributed by atoms with E-state index in [-0.39, 0.29) is 12.4 Å². The zero-order chi connectivity index (χ0) is 7.03. The fraction of sp³-hybridized carbons (Fsp3) is 1.00. The molecule has 0 aromatic carbocycles. The molecule has 11 heavy (non-hydrogen) atoms. The summed E-state index contributed by atoms with van der Waals surface area (Å²) in [5.74, 6) is 0. The van der Waals surface area contributed by atoms with Crippen LogP contribution in [-0.2, 0) is 0 Å². The van der Waals surface area contributed by atoms with Crippen LogP contribution < -0.4 is 5.32 Å². The van der Waals surface area contributed by atoms with Gasteiger partial charge in [-0.25, -0.2) is 0 Å². The Labute approximate surface area is 73.8 Å². The molecule has 1 saturated heterocycles. The van der Waals surface area contributed by atoms with Gasteiger partial charge in [0.25, 0.3) is 0 Å². The predicted octanol–water partition coefficient (Wildman–Crippen LogP) is 0.933. The second-order valence-corrected chi connectivity index (χ2v) is 3.79. The first-order valence-electron chi connectivity index (χ1n) is 4.19. The molecule has 66 valence electrons. The van der Waals surface area contributed by atoms with E-state index >= 15 is 0 Å². The maximum Gasteiger partial charge on any atom is 0.0445 e. The van der Waals surface area contributed by atoms with Crippen LogP contribution in [0.15, 0.2) is 0 Å². The van der Waals surface area contributed by atoms with Crippen LogP contribution in [0.2, 0.25) is 0 Å². The normalized spacial score (nSPS) is 31.9. The topological polar surface area (TPSA) is 32.3 Å². The van der Waals surface area contributed by atoms with E-state index in [0.717, 1.165) is 6.42 Å². The van der Waals surface area contributed by atoms with E-state index in [4.69, 9.17) is 5.11 Å². The van der Waals surface area contributed by atoms with Crippen LogP contribution in [0.5, 0.6) is 0 Å². The smallest absolute Gasteiger partial charge is 0.0445 e. The molecule has 1 atom stereocenters. The predicted molar refractivity (Wildman–Crippen MR) is 47.0 cm³/mol. The van der Waals surface area contributed by atoms with Crippen molar-refractivity contribution in [2.24, 2.45) is 5.41 Å². The van der Waals surface area contributed by atoms with Gasteiger partial charge in [0.1, 0.15) is 0 Å². The Morgan fingerprint density at radius 3 is 2.64 bits per heavy atom. The highest BCUT2D eigenvalue weighted by atomic mass is 35.5. The average Bonchev–Trinajstić information content (AvgIpc) is 2.52. The lowest BCUT2D eigenvalue weighted by atomic mass is 10.0. The number of hydrogen-bond donors (Lipinski definition) is 2. The van der Waals surface area contributed by atoms with E-state index in [0.29, 0.717) is 18.1 Å². The van der Waals surface area contributed by atoms with Crippen LogP contribution in [0.3, 0.4) is 0 Å². The van der Waals surface area contributed by atoms with E-state index in [9.17, 15) is 0 Å². The molecule has 0 aromatic heterocycles. The molecule has 2 nitrogen and oxygen atoms in total. The number of hydrogen-bond acceptors (Lipinski definition) is 2. The fourth-order valence-corrected chi connectivity index (χ4v) is 1.95. The molecule has 2 aliphatic rings. The minimum absolute atomic E-state index is 0. The number of nitrogens with one attached hydrogen (secondary N) is 1. The third kappa shape index (κ3) is 1.86. The Morgan fingerprint density at radius 1 is 1.45 bits per heavy atom. The van der Waals surface area contributed by atoms with Crippen molar-refractivity contribution in [1.29, 1.82) is 0 Å². The van der Waals surface area contributed by atoms with Gasteiger partial charge in [-0.1, -0.05) is 0 Å². The third-order valence-electron chi connectivity index (χ3n) is 2.88. The molecular formula is C8H16ClNO. The lowest BCUT2D eigenvalue weighted by Crippen LogP contribution is -2.22. The van der Waals surface area contributed by atoms with Crippen molar-refractivity contribution in [3.8, 4) is 0 Å². The summed E-state index contributed by atoms with van der Waals surface area (Å²) < 4.78 is 0.